The summed E-state index contributed by atoms with van der Waals surface area (Å²) in [5.41, 5.74) is -0.280. The lowest BCUT2D eigenvalue weighted by Gasteiger charge is -2.10. The van der Waals surface area contributed by atoms with Crippen LogP contribution in [0.1, 0.15) is 31.7 Å². The first-order chi connectivity index (χ1) is 10.1. The number of tetrazole rings is 1. The van der Waals surface area contributed by atoms with Crippen molar-refractivity contribution in [1.29, 1.82) is 0 Å². The first kappa shape index (κ1) is 13.9. The quantitative estimate of drug-likeness (QED) is 0.637. The monoisotopic (exact) mass is 309 g/mol. The van der Waals surface area contributed by atoms with Gasteiger partial charge in [0.15, 0.2) is 0 Å². The van der Waals surface area contributed by atoms with Crippen molar-refractivity contribution >= 4 is 17.4 Å². The zero-order valence-electron chi connectivity index (χ0n) is 11.0. The minimum Gasteiger partial charge on any atom is -0.258 e. The molecule has 7 nitrogen and oxygen atoms in total. The summed E-state index contributed by atoms with van der Waals surface area (Å²) in [5, 5.41) is 22.9. The van der Waals surface area contributed by atoms with Crippen LogP contribution in [0.4, 0.5) is 10.1 Å². The Kier molecular flexibility index (Phi) is 3.82. The van der Waals surface area contributed by atoms with Crippen molar-refractivity contribution in [1.82, 2.24) is 20.2 Å². The molecule has 1 heterocycles. The fourth-order valence-electron chi connectivity index (χ4n) is 2.45. The molecule has 3 rings (SSSR count). The predicted octanol–water partition coefficient (Wildman–Crippen LogP) is 2.99. The van der Waals surface area contributed by atoms with E-state index in [9.17, 15) is 14.5 Å². The number of hydrogen-bond donors (Lipinski definition) is 0. The first-order valence-corrected chi connectivity index (χ1v) is 7.36. The molecule has 1 aromatic carbocycles. The van der Waals surface area contributed by atoms with E-state index in [0.29, 0.717) is 10.1 Å². The molecule has 0 saturated heterocycles. The number of hydrogen-bond acceptors (Lipinski definition) is 6. The predicted molar refractivity (Wildman–Crippen MR) is 72.5 cm³/mol. The van der Waals surface area contributed by atoms with Crippen LogP contribution in [0, 0.1) is 15.9 Å². The van der Waals surface area contributed by atoms with Gasteiger partial charge in [0, 0.05) is 11.0 Å². The molecule has 0 unspecified atom stereocenters. The summed E-state index contributed by atoms with van der Waals surface area (Å²) in [5.74, 6) is -0.647. The fraction of sp³-hybridized carbons (Fsp3) is 0.417. The molecule has 1 aliphatic carbocycles. The Labute approximate surface area is 123 Å². The minimum atomic E-state index is -0.647. The third-order valence-electron chi connectivity index (χ3n) is 3.41. The van der Waals surface area contributed by atoms with Gasteiger partial charge in [0.1, 0.15) is 5.82 Å². The molecule has 0 aliphatic heterocycles. The molecule has 0 N–H and O–H groups in total. The van der Waals surface area contributed by atoms with Crippen LogP contribution in [0.15, 0.2) is 28.3 Å². The average molecular weight is 309 g/mol. The maximum absolute atomic E-state index is 13.4. The van der Waals surface area contributed by atoms with Crippen molar-refractivity contribution in [3.05, 3.63) is 34.1 Å². The third-order valence-corrected chi connectivity index (χ3v) is 4.33. The molecule has 2 aromatic rings. The second-order valence-corrected chi connectivity index (χ2v) is 5.89. The van der Waals surface area contributed by atoms with Crippen molar-refractivity contribution in [2.45, 2.75) is 41.8 Å². The summed E-state index contributed by atoms with van der Waals surface area (Å²) in [6.45, 7) is 0. The van der Waals surface area contributed by atoms with Crippen LogP contribution in [0.5, 0.6) is 0 Å². The van der Waals surface area contributed by atoms with E-state index in [4.69, 9.17) is 0 Å². The van der Waals surface area contributed by atoms with Gasteiger partial charge in [-0.3, -0.25) is 10.1 Å². The van der Waals surface area contributed by atoms with Gasteiger partial charge in [-0.2, -0.15) is 0 Å². The van der Waals surface area contributed by atoms with Gasteiger partial charge in [0.05, 0.1) is 17.0 Å². The highest BCUT2D eigenvalue weighted by Crippen LogP contribution is 2.34. The Hall–Kier alpha value is -2.03. The summed E-state index contributed by atoms with van der Waals surface area (Å²) in [4.78, 5) is 10.6. The summed E-state index contributed by atoms with van der Waals surface area (Å²) < 4.78 is 15.2. The van der Waals surface area contributed by atoms with Gasteiger partial charge < -0.3 is 0 Å². The van der Waals surface area contributed by atoms with Crippen LogP contribution >= 0.6 is 11.8 Å². The molecule has 0 atom stereocenters. The van der Waals surface area contributed by atoms with Gasteiger partial charge in [-0.15, -0.1) is 5.10 Å². The zero-order chi connectivity index (χ0) is 14.8. The molecule has 0 radical (unpaired) electrons. The van der Waals surface area contributed by atoms with E-state index in [2.05, 4.69) is 15.5 Å². The lowest BCUT2D eigenvalue weighted by atomic mass is 10.3. The standard InChI is InChI=1S/C12H12FN5O2S/c13-8-5-10(18(19)20)7-11(6-8)21-12-14-15-16-17(12)9-3-1-2-4-9/h5-7,9H,1-4H2. The molecule has 0 bridgehead atoms. The fourth-order valence-corrected chi connectivity index (χ4v) is 3.37. The SMILES string of the molecule is O=[N+]([O-])c1cc(F)cc(Sc2nnnn2C2CCCC2)c1. The van der Waals surface area contributed by atoms with Crippen molar-refractivity contribution < 1.29 is 9.31 Å². The first-order valence-electron chi connectivity index (χ1n) is 6.54. The summed E-state index contributed by atoms with van der Waals surface area (Å²) in [6.07, 6.45) is 4.31. The summed E-state index contributed by atoms with van der Waals surface area (Å²) in [7, 11) is 0. The van der Waals surface area contributed by atoms with Gasteiger partial charge in [0.25, 0.3) is 5.69 Å². The average Bonchev–Trinajstić information content (AvgIpc) is 3.08. The number of aromatic nitrogens is 4. The largest absolute Gasteiger partial charge is 0.273 e. The minimum absolute atomic E-state index is 0.256. The molecule has 0 spiro atoms. The van der Waals surface area contributed by atoms with Crippen molar-refractivity contribution in [3.8, 4) is 0 Å². The zero-order valence-corrected chi connectivity index (χ0v) is 11.8. The third kappa shape index (κ3) is 3.02. The molecular weight excluding hydrogens is 297 g/mol. The summed E-state index contributed by atoms with van der Waals surface area (Å²) >= 11 is 1.14. The van der Waals surface area contributed by atoms with E-state index in [-0.39, 0.29) is 11.7 Å². The summed E-state index contributed by atoms with van der Waals surface area (Å²) in [6, 6.07) is 3.71. The lowest BCUT2D eigenvalue weighted by Crippen LogP contribution is -2.08. The Morgan fingerprint density at radius 3 is 2.81 bits per heavy atom. The molecule has 0 amide bonds. The van der Waals surface area contributed by atoms with Crippen LogP contribution in [0.3, 0.4) is 0 Å². The van der Waals surface area contributed by atoms with Gasteiger partial charge in [0.2, 0.25) is 5.16 Å². The normalized spacial score (nSPS) is 15.5. The Morgan fingerprint density at radius 2 is 2.10 bits per heavy atom. The molecular formula is C12H12FN5O2S. The molecule has 9 heteroatoms. The smallest absolute Gasteiger partial charge is 0.258 e. The van der Waals surface area contributed by atoms with Crippen molar-refractivity contribution in [2.75, 3.05) is 0 Å². The van der Waals surface area contributed by atoms with E-state index < -0.39 is 10.7 Å². The Morgan fingerprint density at radius 1 is 1.33 bits per heavy atom. The second kappa shape index (κ2) is 5.76. The highest BCUT2D eigenvalue weighted by molar-refractivity contribution is 7.99. The number of nitro groups is 1. The van der Waals surface area contributed by atoms with Crippen LogP contribution < -0.4 is 0 Å². The highest BCUT2D eigenvalue weighted by Gasteiger charge is 2.22. The van der Waals surface area contributed by atoms with E-state index in [0.717, 1.165) is 43.5 Å². The maximum Gasteiger partial charge on any atom is 0.273 e. The van der Waals surface area contributed by atoms with Crippen LogP contribution in [0.25, 0.3) is 0 Å². The number of rotatable bonds is 4. The number of halogens is 1. The lowest BCUT2D eigenvalue weighted by molar-refractivity contribution is -0.385. The molecule has 21 heavy (non-hydrogen) atoms. The molecule has 110 valence electrons. The number of nitrogens with zero attached hydrogens (tertiary/aromatic N) is 5. The van der Waals surface area contributed by atoms with Crippen molar-refractivity contribution in [2.24, 2.45) is 0 Å². The molecule has 1 aliphatic rings. The number of nitro benzene ring substituents is 1. The van der Waals surface area contributed by atoms with Crippen molar-refractivity contribution in [3.63, 3.8) is 0 Å². The van der Waals surface area contributed by atoms with E-state index in [1.807, 2.05) is 0 Å². The molecule has 1 fully saturated rings. The second-order valence-electron chi connectivity index (χ2n) is 4.85. The Balaban J connectivity index is 1.87. The van der Waals surface area contributed by atoms with Gasteiger partial charge >= 0.3 is 0 Å². The molecule has 1 saturated carbocycles. The van der Waals surface area contributed by atoms with Crippen LogP contribution in [-0.2, 0) is 0 Å². The van der Waals surface area contributed by atoms with Gasteiger partial charge in [-0.05, 0) is 41.1 Å². The van der Waals surface area contributed by atoms with E-state index in [1.165, 1.54) is 12.1 Å². The topological polar surface area (TPSA) is 86.7 Å². The van der Waals surface area contributed by atoms with E-state index >= 15 is 0 Å². The van der Waals surface area contributed by atoms with Gasteiger partial charge in [-0.1, -0.05) is 12.8 Å². The Bertz CT molecular complexity index is 671. The van der Waals surface area contributed by atoms with E-state index in [1.54, 1.807) is 4.68 Å². The number of non-ortho nitro benzene ring substituents is 1. The molecule has 1 aromatic heterocycles. The van der Waals surface area contributed by atoms with Crippen LogP contribution in [0.2, 0.25) is 0 Å². The maximum atomic E-state index is 13.4. The number of benzene rings is 1. The van der Waals surface area contributed by atoms with Crippen LogP contribution in [-0.4, -0.2) is 25.1 Å². The highest BCUT2D eigenvalue weighted by atomic mass is 32.2. The van der Waals surface area contributed by atoms with Gasteiger partial charge in [-0.25, -0.2) is 9.07 Å².